The van der Waals surface area contributed by atoms with Gasteiger partial charge in [0.2, 0.25) is 0 Å². The second-order valence-electron chi connectivity index (χ2n) is 9.72. The molecule has 3 heteroatoms. The van der Waals surface area contributed by atoms with Crippen LogP contribution < -0.4 is 15.3 Å². The van der Waals surface area contributed by atoms with Crippen LogP contribution in [0.4, 0.5) is 0 Å². The number of benzene rings is 3. The summed E-state index contributed by atoms with van der Waals surface area (Å²) in [6.45, 7) is 12.7. The third kappa shape index (κ3) is 6.42. The summed E-state index contributed by atoms with van der Waals surface area (Å²) < 4.78 is 6.44. The van der Waals surface area contributed by atoms with E-state index in [0.29, 0.717) is 15.2 Å². The first kappa shape index (κ1) is 23.5. The Morgan fingerprint density at radius 3 is 2.23 bits per heavy atom. The molecule has 3 aromatic rings. The lowest BCUT2D eigenvalue weighted by Gasteiger charge is -2.24. The molecular weight excluding hydrogens is 397 g/mol. The summed E-state index contributed by atoms with van der Waals surface area (Å²) in [4.78, 5) is 2.24. The molecule has 2 nitrogen and oxygen atoms in total. The molecule has 0 aliphatic rings. The van der Waals surface area contributed by atoms with Crippen LogP contribution in [-0.2, 0) is 18.6 Å². The van der Waals surface area contributed by atoms with Crippen molar-refractivity contribution in [2.24, 2.45) is 0 Å². The predicted molar refractivity (Wildman–Crippen MR) is 137 cm³/mol. The van der Waals surface area contributed by atoms with E-state index >= 15 is 0 Å². The fourth-order valence-corrected chi connectivity index (χ4v) is 5.06. The molecule has 164 valence electrons. The average Bonchev–Trinajstić information content (AvgIpc) is 2.69. The molecule has 1 unspecified atom stereocenters. The Morgan fingerprint density at radius 1 is 0.871 bits per heavy atom. The number of aryl methyl sites for hydroxylation is 2. The molecule has 0 heterocycles. The predicted octanol–water partition coefficient (Wildman–Crippen LogP) is 5.87. The highest BCUT2D eigenvalue weighted by molar-refractivity contribution is 7.55. The molecular formula is C28H36NOP. The van der Waals surface area contributed by atoms with Gasteiger partial charge in [-0.3, -0.25) is 0 Å². The van der Waals surface area contributed by atoms with Gasteiger partial charge in [0.25, 0.3) is 0 Å². The van der Waals surface area contributed by atoms with Gasteiger partial charge in [0, 0.05) is 11.8 Å². The van der Waals surface area contributed by atoms with Crippen LogP contribution in [0.5, 0.6) is 5.75 Å². The molecule has 0 aliphatic heterocycles. The molecule has 31 heavy (non-hydrogen) atoms. The fourth-order valence-electron chi connectivity index (χ4n) is 3.68. The van der Waals surface area contributed by atoms with E-state index in [0.717, 1.165) is 12.3 Å². The maximum absolute atomic E-state index is 6.44. The Morgan fingerprint density at radius 2 is 1.58 bits per heavy atom. The Balaban J connectivity index is 2.01. The number of rotatable bonds is 7. The lowest BCUT2D eigenvalue weighted by Crippen LogP contribution is -2.20. The van der Waals surface area contributed by atoms with Crippen molar-refractivity contribution in [3.8, 4) is 5.75 Å². The third-order valence-electron chi connectivity index (χ3n) is 5.38. The minimum Gasteiger partial charge on any atom is -0.488 e. The standard InChI is InChI=1S/C28H36NOP/c1-20-13-14-25(23(15-20)18-29(6)7)31-26-17-24(28(3,4)5)16-21(2)27(26)30-19-22-11-9-8-10-12-22/h8-17,31H,18-19H2,1-7H3. The highest BCUT2D eigenvalue weighted by atomic mass is 31.1. The molecule has 0 spiro atoms. The normalized spacial score (nSPS) is 12.1. The first-order valence-electron chi connectivity index (χ1n) is 11.0. The molecule has 0 aliphatic carbocycles. The van der Waals surface area contributed by atoms with E-state index in [1.165, 1.54) is 38.4 Å². The lowest BCUT2D eigenvalue weighted by molar-refractivity contribution is 0.306. The van der Waals surface area contributed by atoms with Gasteiger partial charge in [-0.15, -0.1) is 0 Å². The van der Waals surface area contributed by atoms with Crippen LogP contribution in [-0.4, -0.2) is 19.0 Å². The number of hydrogen-bond donors (Lipinski definition) is 0. The minimum atomic E-state index is 0.0989. The van der Waals surface area contributed by atoms with Crippen LogP contribution in [0.3, 0.4) is 0 Å². The molecule has 0 bridgehead atoms. The maximum Gasteiger partial charge on any atom is 0.130 e. The van der Waals surface area contributed by atoms with Crippen molar-refractivity contribution in [3.05, 3.63) is 88.5 Å². The zero-order chi connectivity index (χ0) is 22.6. The van der Waals surface area contributed by atoms with Gasteiger partial charge in [0.05, 0.1) is 0 Å². The molecule has 0 fully saturated rings. The van der Waals surface area contributed by atoms with Crippen LogP contribution in [0.25, 0.3) is 0 Å². The van der Waals surface area contributed by atoms with Gasteiger partial charge in [0.1, 0.15) is 12.4 Å². The van der Waals surface area contributed by atoms with Crippen molar-refractivity contribution in [1.82, 2.24) is 4.90 Å². The summed E-state index contributed by atoms with van der Waals surface area (Å²) in [5.41, 5.74) is 6.58. The summed E-state index contributed by atoms with van der Waals surface area (Å²) in [5.74, 6) is 1.03. The van der Waals surface area contributed by atoms with Gasteiger partial charge in [-0.05, 0) is 67.0 Å². The molecule has 0 radical (unpaired) electrons. The molecule has 1 atom stereocenters. The van der Waals surface area contributed by atoms with E-state index in [2.05, 4.69) is 108 Å². The summed E-state index contributed by atoms with van der Waals surface area (Å²) in [7, 11) is 4.82. The van der Waals surface area contributed by atoms with Crippen LogP contribution in [0, 0.1) is 13.8 Å². The highest BCUT2D eigenvalue weighted by Crippen LogP contribution is 2.31. The first-order chi connectivity index (χ1) is 14.6. The number of nitrogens with zero attached hydrogens (tertiary/aromatic N) is 1. The van der Waals surface area contributed by atoms with Crippen LogP contribution in [0.1, 0.15) is 48.6 Å². The number of ether oxygens (including phenoxy) is 1. The van der Waals surface area contributed by atoms with Gasteiger partial charge >= 0.3 is 0 Å². The average molecular weight is 434 g/mol. The zero-order valence-electron chi connectivity index (χ0n) is 20.0. The monoisotopic (exact) mass is 433 g/mol. The summed E-state index contributed by atoms with van der Waals surface area (Å²) in [5, 5.41) is 2.69. The molecule has 3 rings (SSSR count). The van der Waals surface area contributed by atoms with Gasteiger partial charge < -0.3 is 9.64 Å². The number of hydrogen-bond acceptors (Lipinski definition) is 2. The topological polar surface area (TPSA) is 12.5 Å². The Kier molecular flexibility index (Phi) is 7.57. The lowest BCUT2D eigenvalue weighted by atomic mass is 9.86. The van der Waals surface area contributed by atoms with Crippen molar-refractivity contribution >= 4 is 19.2 Å². The molecule has 0 N–H and O–H groups in total. The van der Waals surface area contributed by atoms with E-state index in [-0.39, 0.29) is 5.41 Å². The van der Waals surface area contributed by atoms with Gasteiger partial charge in [0.15, 0.2) is 0 Å². The molecule has 0 amide bonds. The molecule has 0 aromatic heterocycles. The van der Waals surface area contributed by atoms with E-state index < -0.39 is 0 Å². The summed E-state index contributed by atoms with van der Waals surface area (Å²) in [6.07, 6.45) is 0. The van der Waals surface area contributed by atoms with Gasteiger partial charge in [-0.2, -0.15) is 0 Å². The van der Waals surface area contributed by atoms with Crippen LogP contribution in [0.15, 0.2) is 60.7 Å². The largest absolute Gasteiger partial charge is 0.488 e. The van der Waals surface area contributed by atoms with Crippen molar-refractivity contribution in [2.75, 3.05) is 14.1 Å². The minimum absolute atomic E-state index is 0.0989. The van der Waals surface area contributed by atoms with Gasteiger partial charge in [-0.25, -0.2) is 0 Å². The smallest absolute Gasteiger partial charge is 0.130 e. The second kappa shape index (κ2) is 9.98. The van der Waals surface area contributed by atoms with Crippen molar-refractivity contribution < 1.29 is 4.74 Å². The van der Waals surface area contributed by atoms with E-state index in [9.17, 15) is 0 Å². The van der Waals surface area contributed by atoms with E-state index in [4.69, 9.17) is 4.74 Å². The Hall–Kier alpha value is -2.15. The summed E-state index contributed by atoms with van der Waals surface area (Å²) in [6, 6.07) is 21.9. The zero-order valence-corrected chi connectivity index (χ0v) is 21.0. The second-order valence-corrected chi connectivity index (χ2v) is 11.0. The van der Waals surface area contributed by atoms with E-state index in [1.54, 1.807) is 0 Å². The van der Waals surface area contributed by atoms with Crippen molar-refractivity contribution in [2.45, 2.75) is 53.2 Å². The molecule has 0 saturated heterocycles. The Labute approximate surface area is 190 Å². The summed E-state index contributed by atoms with van der Waals surface area (Å²) >= 11 is 0. The SMILES string of the molecule is Cc1ccc(Pc2cc(C(C)(C)C)cc(C)c2OCc2ccccc2)c(CN(C)C)c1. The highest BCUT2D eigenvalue weighted by Gasteiger charge is 2.19. The third-order valence-corrected chi connectivity index (χ3v) is 6.78. The van der Waals surface area contributed by atoms with Crippen LogP contribution >= 0.6 is 8.58 Å². The first-order valence-corrected chi connectivity index (χ1v) is 12.0. The Bertz CT molecular complexity index is 1020. The van der Waals surface area contributed by atoms with Crippen molar-refractivity contribution in [1.29, 1.82) is 0 Å². The quantitative estimate of drug-likeness (QED) is 0.432. The van der Waals surface area contributed by atoms with E-state index in [1.807, 2.05) is 6.07 Å². The molecule has 0 saturated carbocycles. The maximum atomic E-state index is 6.44. The van der Waals surface area contributed by atoms with Crippen molar-refractivity contribution in [3.63, 3.8) is 0 Å². The van der Waals surface area contributed by atoms with Crippen LogP contribution in [0.2, 0.25) is 0 Å². The fraction of sp³-hybridized carbons (Fsp3) is 0.357. The van der Waals surface area contributed by atoms with Gasteiger partial charge in [-0.1, -0.05) is 89.5 Å². The molecule has 3 aromatic carbocycles.